The Labute approximate surface area is 169 Å². The average molecular weight is 406 g/mol. The third kappa shape index (κ3) is 3.17. The first-order valence-electron chi connectivity index (χ1n) is 8.95. The zero-order valence-electron chi connectivity index (χ0n) is 15.3. The van der Waals surface area contributed by atoms with Crippen LogP contribution in [0.4, 0.5) is 21.6 Å². The molecule has 1 amide bonds. The largest absolute Gasteiger partial charge is 0.479 e. The zero-order valence-corrected chi connectivity index (χ0v) is 16.1. The van der Waals surface area contributed by atoms with E-state index in [0.29, 0.717) is 17.3 Å². The quantitative estimate of drug-likeness (QED) is 0.503. The second-order valence-corrected chi connectivity index (χ2v) is 7.50. The Morgan fingerprint density at radius 2 is 2.00 bits per heavy atom. The summed E-state index contributed by atoms with van der Waals surface area (Å²) < 4.78 is 18.9. The Morgan fingerprint density at radius 3 is 2.83 bits per heavy atom. The van der Waals surface area contributed by atoms with E-state index < -0.39 is 6.10 Å². The van der Waals surface area contributed by atoms with Gasteiger partial charge in [-0.05, 0) is 42.8 Å². The summed E-state index contributed by atoms with van der Waals surface area (Å²) in [6.07, 6.45) is 0.979. The molecule has 5 rings (SSSR count). The van der Waals surface area contributed by atoms with Gasteiger partial charge in [-0.1, -0.05) is 12.1 Å². The normalized spacial score (nSPS) is 15.5. The van der Waals surface area contributed by atoms with Crippen LogP contribution in [0.3, 0.4) is 0 Å². The van der Waals surface area contributed by atoms with Gasteiger partial charge in [0.2, 0.25) is 0 Å². The molecular weight excluding hydrogens is 391 g/mol. The maximum atomic E-state index is 13.3. The lowest BCUT2D eigenvalue weighted by Crippen LogP contribution is -2.34. The van der Waals surface area contributed by atoms with E-state index in [1.165, 1.54) is 29.8 Å². The minimum atomic E-state index is -0.521. The maximum absolute atomic E-state index is 13.3. The lowest BCUT2D eigenvalue weighted by Gasteiger charge is -2.23. The van der Waals surface area contributed by atoms with Crippen molar-refractivity contribution in [1.82, 2.24) is 9.97 Å². The van der Waals surface area contributed by atoms with Gasteiger partial charge in [-0.2, -0.15) is 0 Å². The molecule has 2 aromatic carbocycles. The molecule has 29 heavy (non-hydrogen) atoms. The highest BCUT2D eigenvalue weighted by Crippen LogP contribution is 2.38. The van der Waals surface area contributed by atoms with Gasteiger partial charge in [-0.15, -0.1) is 11.3 Å². The fraction of sp³-hybridized carbons (Fsp3) is 0.0952. The van der Waals surface area contributed by atoms with Gasteiger partial charge in [-0.25, -0.2) is 14.4 Å². The third-order valence-corrected chi connectivity index (χ3v) is 5.58. The van der Waals surface area contributed by atoms with Crippen LogP contribution in [0.2, 0.25) is 0 Å². The first-order chi connectivity index (χ1) is 14.1. The summed E-state index contributed by atoms with van der Waals surface area (Å²) in [6, 6.07) is 11.8. The molecule has 0 unspecified atom stereocenters. The zero-order chi connectivity index (χ0) is 20.0. The summed E-state index contributed by atoms with van der Waals surface area (Å²) >= 11 is 1.50. The smallest absolute Gasteiger partial charge is 0.265 e. The molecule has 144 valence electrons. The van der Waals surface area contributed by atoms with Gasteiger partial charge in [0.05, 0.1) is 11.1 Å². The van der Waals surface area contributed by atoms with Crippen LogP contribution in [0, 0.1) is 5.82 Å². The number of carbonyl (C=O) groups excluding carboxylic acids is 1. The van der Waals surface area contributed by atoms with Crippen LogP contribution in [0.5, 0.6) is 5.75 Å². The number of hydrogen-bond donors (Lipinski definition) is 2. The summed E-state index contributed by atoms with van der Waals surface area (Å²) in [6.45, 7) is 1.70. The predicted octanol–water partition coefficient (Wildman–Crippen LogP) is 4.96. The minimum Gasteiger partial charge on any atom is -0.479 e. The molecule has 0 spiro atoms. The van der Waals surface area contributed by atoms with Gasteiger partial charge in [-0.3, -0.25) is 4.79 Å². The van der Waals surface area contributed by atoms with Gasteiger partial charge < -0.3 is 15.4 Å². The van der Waals surface area contributed by atoms with Crippen molar-refractivity contribution in [3.8, 4) is 16.9 Å². The molecule has 0 saturated heterocycles. The number of anilines is 3. The van der Waals surface area contributed by atoms with E-state index in [1.807, 2.05) is 11.4 Å². The number of nitrogens with zero attached hydrogens (tertiary/aromatic N) is 2. The van der Waals surface area contributed by atoms with Crippen LogP contribution in [0.25, 0.3) is 21.3 Å². The van der Waals surface area contributed by atoms with Gasteiger partial charge in [0.15, 0.2) is 6.10 Å². The van der Waals surface area contributed by atoms with Crippen LogP contribution >= 0.6 is 11.3 Å². The van der Waals surface area contributed by atoms with Crippen molar-refractivity contribution in [2.75, 3.05) is 10.6 Å². The number of ether oxygens (including phenoxy) is 1. The van der Waals surface area contributed by atoms with Crippen molar-refractivity contribution in [2.45, 2.75) is 13.0 Å². The first-order valence-corrected chi connectivity index (χ1v) is 9.83. The standard InChI is InChI=1S/C21H15FN4O2S/c1-11-20(27)26-16-8-14(6-7-17(16)28-11)25-19-18-15(9-29-21(18)24-10-23-19)12-2-4-13(22)5-3-12/h2-11H,1H3,(H,26,27)(H,23,24,25)/t11-/m0/s1. The van der Waals surface area contributed by atoms with Crippen molar-refractivity contribution in [1.29, 1.82) is 0 Å². The molecule has 4 aromatic rings. The van der Waals surface area contributed by atoms with E-state index in [2.05, 4.69) is 20.6 Å². The van der Waals surface area contributed by atoms with Crippen LogP contribution in [-0.2, 0) is 4.79 Å². The first kappa shape index (κ1) is 17.6. The number of aromatic nitrogens is 2. The number of hydrogen-bond acceptors (Lipinski definition) is 6. The highest BCUT2D eigenvalue weighted by atomic mass is 32.1. The SMILES string of the molecule is C[C@@H]1Oc2ccc(Nc3ncnc4scc(-c5ccc(F)cc5)c34)cc2NC1=O. The molecule has 3 heterocycles. The summed E-state index contributed by atoms with van der Waals surface area (Å²) in [5.74, 6) is 0.788. The molecule has 2 aromatic heterocycles. The number of nitrogens with one attached hydrogen (secondary N) is 2. The molecule has 6 nitrogen and oxygen atoms in total. The van der Waals surface area contributed by atoms with E-state index in [4.69, 9.17) is 4.74 Å². The molecule has 1 atom stereocenters. The van der Waals surface area contributed by atoms with E-state index in [1.54, 1.807) is 31.2 Å². The van der Waals surface area contributed by atoms with Crippen molar-refractivity contribution in [3.63, 3.8) is 0 Å². The number of carbonyl (C=O) groups is 1. The molecule has 1 aliphatic rings. The summed E-state index contributed by atoms with van der Waals surface area (Å²) in [5, 5.41) is 8.99. The third-order valence-electron chi connectivity index (χ3n) is 4.70. The van der Waals surface area contributed by atoms with Crippen molar-refractivity contribution in [2.24, 2.45) is 0 Å². The van der Waals surface area contributed by atoms with Gasteiger partial charge in [0, 0.05) is 16.6 Å². The Hall–Kier alpha value is -3.52. The van der Waals surface area contributed by atoms with Crippen LogP contribution in [-0.4, -0.2) is 22.0 Å². The van der Waals surface area contributed by atoms with Crippen LogP contribution in [0.15, 0.2) is 54.2 Å². The van der Waals surface area contributed by atoms with E-state index in [9.17, 15) is 9.18 Å². The van der Waals surface area contributed by atoms with E-state index in [-0.39, 0.29) is 11.7 Å². The van der Waals surface area contributed by atoms with Gasteiger partial charge in [0.1, 0.15) is 28.5 Å². The number of fused-ring (bicyclic) bond motifs is 2. The molecule has 0 bridgehead atoms. The van der Waals surface area contributed by atoms with Crippen LogP contribution in [0.1, 0.15) is 6.92 Å². The van der Waals surface area contributed by atoms with Gasteiger partial charge >= 0.3 is 0 Å². The molecular formula is C21H15FN4O2S. The second kappa shape index (κ2) is 6.82. The summed E-state index contributed by atoms with van der Waals surface area (Å²) in [5.41, 5.74) is 3.16. The summed E-state index contributed by atoms with van der Waals surface area (Å²) in [4.78, 5) is 21.5. The molecule has 0 radical (unpaired) electrons. The molecule has 1 aliphatic heterocycles. The molecule has 0 aliphatic carbocycles. The molecule has 8 heteroatoms. The van der Waals surface area contributed by atoms with Gasteiger partial charge in [0.25, 0.3) is 5.91 Å². The second-order valence-electron chi connectivity index (χ2n) is 6.64. The fourth-order valence-electron chi connectivity index (χ4n) is 3.24. The Morgan fingerprint density at radius 1 is 1.17 bits per heavy atom. The number of amides is 1. The lowest BCUT2D eigenvalue weighted by atomic mass is 10.1. The number of benzene rings is 2. The highest BCUT2D eigenvalue weighted by Gasteiger charge is 2.23. The Bertz CT molecular complexity index is 1240. The molecule has 2 N–H and O–H groups in total. The van der Waals surface area contributed by atoms with Crippen molar-refractivity contribution >= 4 is 44.7 Å². The number of rotatable bonds is 3. The maximum Gasteiger partial charge on any atom is 0.265 e. The van der Waals surface area contributed by atoms with Crippen molar-refractivity contribution in [3.05, 3.63) is 60.0 Å². The number of thiophene rings is 1. The highest BCUT2D eigenvalue weighted by molar-refractivity contribution is 7.17. The predicted molar refractivity (Wildman–Crippen MR) is 111 cm³/mol. The fourth-order valence-corrected chi connectivity index (χ4v) is 4.15. The van der Waals surface area contributed by atoms with E-state index in [0.717, 1.165) is 27.0 Å². The Balaban J connectivity index is 1.55. The lowest BCUT2D eigenvalue weighted by molar-refractivity contribution is -0.122. The van der Waals surface area contributed by atoms with Crippen molar-refractivity contribution < 1.29 is 13.9 Å². The van der Waals surface area contributed by atoms with E-state index >= 15 is 0 Å². The molecule has 0 fully saturated rings. The van der Waals surface area contributed by atoms with Crippen LogP contribution < -0.4 is 15.4 Å². The topological polar surface area (TPSA) is 76.1 Å². The number of halogens is 1. The Kier molecular flexibility index (Phi) is 4.13. The average Bonchev–Trinajstić information content (AvgIpc) is 3.15. The monoisotopic (exact) mass is 406 g/mol. The summed E-state index contributed by atoms with van der Waals surface area (Å²) in [7, 11) is 0. The minimum absolute atomic E-state index is 0.185. The molecule has 0 saturated carbocycles.